The summed E-state index contributed by atoms with van der Waals surface area (Å²) in [5.41, 5.74) is 0. The molecule has 0 spiro atoms. The monoisotopic (exact) mass is 150 g/mol. The Balaban J connectivity index is 3.51. The first-order chi connectivity index (χ1) is 5.41. The molecule has 0 heterocycles. The van der Waals surface area contributed by atoms with E-state index in [0.29, 0.717) is 0 Å². The van der Waals surface area contributed by atoms with E-state index in [1.807, 2.05) is 43.6 Å². The lowest BCUT2D eigenvalue weighted by Crippen LogP contribution is -1.89. The highest BCUT2D eigenvalue weighted by molar-refractivity contribution is 5.71. The molecule has 11 heavy (non-hydrogen) atoms. The number of allylic oxidation sites excluding steroid dienone is 5. The van der Waals surface area contributed by atoms with Gasteiger partial charge in [-0.25, -0.2) is 0 Å². The Kier molecular flexibility index (Phi) is 7.66. The maximum Gasteiger partial charge on any atom is 0.0277 e. The van der Waals surface area contributed by atoms with Gasteiger partial charge in [-0.15, -0.1) is 0 Å². The van der Waals surface area contributed by atoms with Crippen LogP contribution in [0.3, 0.4) is 0 Å². The zero-order valence-electron chi connectivity index (χ0n) is 6.99. The van der Waals surface area contributed by atoms with Crippen molar-refractivity contribution >= 4 is 6.21 Å². The second-order valence-electron chi connectivity index (χ2n) is 1.82. The highest BCUT2D eigenvalue weighted by atomic mass is 14.8. The molecule has 0 unspecified atom stereocenters. The lowest BCUT2D eigenvalue weighted by Gasteiger charge is -1.78. The summed E-state index contributed by atoms with van der Waals surface area (Å²) in [6.07, 6.45) is 13.2. The van der Waals surface area contributed by atoms with Gasteiger partial charge in [0.05, 0.1) is 0 Å². The van der Waals surface area contributed by atoms with Crippen LogP contribution in [-0.4, -0.2) is 20.3 Å². The molecule has 0 saturated carbocycles. The Morgan fingerprint density at radius 2 is 1.64 bits per heavy atom. The molecule has 0 aromatic heterocycles. The van der Waals surface area contributed by atoms with Crippen molar-refractivity contribution in [2.75, 3.05) is 14.1 Å². The van der Waals surface area contributed by atoms with E-state index in [4.69, 9.17) is 0 Å². The van der Waals surface area contributed by atoms with Gasteiger partial charge < -0.3 is 5.32 Å². The van der Waals surface area contributed by atoms with Gasteiger partial charge in [-0.1, -0.05) is 18.2 Å². The Bertz CT molecular complexity index is 176. The Morgan fingerprint density at radius 1 is 1.00 bits per heavy atom. The van der Waals surface area contributed by atoms with Gasteiger partial charge in [-0.05, 0) is 18.4 Å². The lowest BCUT2D eigenvalue weighted by molar-refractivity contribution is 1.10. The topological polar surface area (TPSA) is 24.4 Å². The fourth-order valence-electron chi connectivity index (χ4n) is 0.480. The second kappa shape index (κ2) is 8.69. The molecule has 0 saturated heterocycles. The van der Waals surface area contributed by atoms with E-state index in [2.05, 4.69) is 10.3 Å². The number of nitrogens with one attached hydrogen (secondary N) is 1. The largest absolute Gasteiger partial charge is 0.394 e. The van der Waals surface area contributed by atoms with Crippen molar-refractivity contribution < 1.29 is 0 Å². The van der Waals surface area contributed by atoms with Crippen LogP contribution in [0.2, 0.25) is 0 Å². The first kappa shape index (κ1) is 9.69. The van der Waals surface area contributed by atoms with Gasteiger partial charge in [0.25, 0.3) is 0 Å². The summed E-state index contributed by atoms with van der Waals surface area (Å²) in [7, 11) is 3.61. The smallest absolute Gasteiger partial charge is 0.0277 e. The average molecular weight is 150 g/mol. The van der Waals surface area contributed by atoms with Gasteiger partial charge in [0.1, 0.15) is 0 Å². The van der Waals surface area contributed by atoms with Crippen molar-refractivity contribution in [3.05, 3.63) is 36.6 Å². The fourth-order valence-corrected chi connectivity index (χ4v) is 0.480. The van der Waals surface area contributed by atoms with E-state index in [1.165, 1.54) is 0 Å². The van der Waals surface area contributed by atoms with Gasteiger partial charge in [0.2, 0.25) is 0 Å². The third-order valence-electron chi connectivity index (χ3n) is 0.942. The van der Waals surface area contributed by atoms with Crippen LogP contribution in [0.4, 0.5) is 0 Å². The lowest BCUT2D eigenvalue weighted by atomic mass is 10.4. The molecule has 0 radical (unpaired) electrons. The van der Waals surface area contributed by atoms with E-state index in [9.17, 15) is 0 Å². The highest BCUT2D eigenvalue weighted by Gasteiger charge is 1.61. The molecule has 0 atom stereocenters. The minimum Gasteiger partial charge on any atom is -0.394 e. The summed E-state index contributed by atoms with van der Waals surface area (Å²) < 4.78 is 0. The predicted molar refractivity (Wildman–Crippen MR) is 50.9 cm³/mol. The minimum absolute atomic E-state index is 1.74. The predicted octanol–water partition coefficient (Wildman–Crippen LogP) is 1.53. The van der Waals surface area contributed by atoms with Crippen molar-refractivity contribution in [2.45, 2.75) is 0 Å². The molecular formula is C9H14N2. The first-order valence-corrected chi connectivity index (χ1v) is 3.49. The molecule has 60 valence electrons. The van der Waals surface area contributed by atoms with Crippen molar-refractivity contribution in [1.82, 2.24) is 5.32 Å². The molecule has 2 heteroatoms. The normalized spacial score (nSPS) is 12.9. The van der Waals surface area contributed by atoms with Crippen LogP contribution >= 0.6 is 0 Å². The summed E-state index contributed by atoms with van der Waals surface area (Å²) in [6.45, 7) is 0. The Labute approximate surface area is 68.0 Å². The number of aliphatic imine (C=N–C) groups is 1. The highest BCUT2D eigenvalue weighted by Crippen LogP contribution is 1.76. The van der Waals surface area contributed by atoms with Crippen LogP contribution in [0.5, 0.6) is 0 Å². The SMILES string of the molecule is CN=C/C=C/C=C/C=C/NC. The second-order valence-corrected chi connectivity index (χ2v) is 1.82. The van der Waals surface area contributed by atoms with E-state index < -0.39 is 0 Å². The summed E-state index contributed by atoms with van der Waals surface area (Å²) in [4.78, 5) is 3.79. The molecule has 0 aliphatic carbocycles. The minimum atomic E-state index is 1.74. The summed E-state index contributed by atoms with van der Waals surface area (Å²) >= 11 is 0. The maximum atomic E-state index is 3.79. The molecule has 0 aromatic rings. The molecule has 0 aliphatic rings. The van der Waals surface area contributed by atoms with Crippen LogP contribution < -0.4 is 5.32 Å². The molecule has 0 fully saturated rings. The fraction of sp³-hybridized carbons (Fsp3) is 0.222. The van der Waals surface area contributed by atoms with Crippen LogP contribution in [0.15, 0.2) is 41.6 Å². The van der Waals surface area contributed by atoms with E-state index >= 15 is 0 Å². The molecule has 1 N–H and O–H groups in total. The first-order valence-electron chi connectivity index (χ1n) is 3.49. The molecule has 0 bridgehead atoms. The van der Waals surface area contributed by atoms with Crippen LogP contribution in [0.25, 0.3) is 0 Å². The zero-order chi connectivity index (χ0) is 8.36. The van der Waals surface area contributed by atoms with Crippen LogP contribution in [0, 0.1) is 0 Å². The summed E-state index contributed by atoms with van der Waals surface area (Å²) in [5.74, 6) is 0. The Hall–Kier alpha value is -1.31. The maximum absolute atomic E-state index is 3.79. The molecule has 2 nitrogen and oxygen atoms in total. The van der Waals surface area contributed by atoms with E-state index in [-0.39, 0.29) is 0 Å². The summed E-state index contributed by atoms with van der Waals surface area (Å²) in [6, 6.07) is 0. The molecule has 0 aromatic carbocycles. The third-order valence-corrected chi connectivity index (χ3v) is 0.942. The molecule has 0 amide bonds. The number of nitrogens with zero attached hydrogens (tertiary/aromatic N) is 1. The average Bonchev–Trinajstić information content (AvgIpc) is 2.03. The standard InChI is InChI=1S/C9H14N2/c1-10-8-6-4-3-5-7-9-11-2/h3-10H,1-2H3/b4-3+,7-5+,8-6+,11-9?. The molecule has 0 aliphatic heterocycles. The van der Waals surface area contributed by atoms with E-state index in [1.54, 1.807) is 13.3 Å². The molecule has 0 rings (SSSR count). The van der Waals surface area contributed by atoms with Crippen LogP contribution in [0.1, 0.15) is 0 Å². The molecular weight excluding hydrogens is 136 g/mol. The van der Waals surface area contributed by atoms with Crippen molar-refractivity contribution in [1.29, 1.82) is 0 Å². The van der Waals surface area contributed by atoms with Gasteiger partial charge in [-0.3, -0.25) is 4.99 Å². The summed E-state index contributed by atoms with van der Waals surface area (Å²) in [5, 5.41) is 2.89. The quantitative estimate of drug-likeness (QED) is 0.477. The Morgan fingerprint density at radius 3 is 2.27 bits per heavy atom. The van der Waals surface area contributed by atoms with Gasteiger partial charge >= 0.3 is 0 Å². The zero-order valence-corrected chi connectivity index (χ0v) is 6.99. The van der Waals surface area contributed by atoms with Gasteiger partial charge in [-0.2, -0.15) is 0 Å². The number of hydrogen-bond donors (Lipinski definition) is 1. The third kappa shape index (κ3) is 8.69. The number of rotatable bonds is 4. The van der Waals surface area contributed by atoms with Crippen molar-refractivity contribution in [2.24, 2.45) is 4.99 Å². The van der Waals surface area contributed by atoms with Crippen LogP contribution in [-0.2, 0) is 0 Å². The van der Waals surface area contributed by atoms with Crippen molar-refractivity contribution in [3.8, 4) is 0 Å². The van der Waals surface area contributed by atoms with E-state index in [0.717, 1.165) is 0 Å². The van der Waals surface area contributed by atoms with Crippen molar-refractivity contribution in [3.63, 3.8) is 0 Å². The van der Waals surface area contributed by atoms with Gasteiger partial charge in [0, 0.05) is 20.3 Å². The number of hydrogen-bond acceptors (Lipinski definition) is 2. The van der Waals surface area contributed by atoms with Gasteiger partial charge in [0.15, 0.2) is 0 Å².